The molecule has 1 aromatic carbocycles. The van der Waals surface area contributed by atoms with Crippen molar-refractivity contribution in [2.75, 3.05) is 31.3 Å². The van der Waals surface area contributed by atoms with Gasteiger partial charge in [0, 0.05) is 42.9 Å². The molecule has 0 bridgehead atoms. The normalized spacial score (nSPS) is 15.5. The molecule has 5 heteroatoms. The zero-order chi connectivity index (χ0) is 17.8. The van der Waals surface area contributed by atoms with E-state index >= 15 is 0 Å². The fourth-order valence-corrected chi connectivity index (χ4v) is 3.81. The summed E-state index contributed by atoms with van der Waals surface area (Å²) in [7, 11) is 0. The van der Waals surface area contributed by atoms with Crippen LogP contribution < -0.4 is 4.90 Å². The van der Waals surface area contributed by atoms with Crippen molar-refractivity contribution < 1.29 is 18.7 Å². The molecule has 1 fully saturated rings. The second kappa shape index (κ2) is 7.91. The smallest absolute Gasteiger partial charge is 0.339 e. The van der Waals surface area contributed by atoms with Crippen LogP contribution >= 0.6 is 0 Å². The van der Waals surface area contributed by atoms with E-state index in [1.54, 1.807) is 6.26 Å². The highest BCUT2D eigenvalue weighted by Crippen LogP contribution is 2.35. The number of anilines is 1. The van der Waals surface area contributed by atoms with Gasteiger partial charge in [-0.25, -0.2) is 4.79 Å². The third-order valence-electron chi connectivity index (χ3n) is 4.96. The van der Waals surface area contributed by atoms with Gasteiger partial charge in [-0.2, -0.15) is 0 Å². The highest BCUT2D eigenvalue weighted by Gasteiger charge is 2.27. The Morgan fingerprint density at radius 1 is 1.28 bits per heavy atom. The van der Waals surface area contributed by atoms with Gasteiger partial charge in [-0.1, -0.05) is 6.92 Å². The summed E-state index contributed by atoms with van der Waals surface area (Å²) in [6.45, 7) is 8.90. The summed E-state index contributed by atoms with van der Waals surface area (Å²) in [5.41, 5.74) is 3.51. The Hall–Kier alpha value is -2.01. The maximum Gasteiger partial charge on any atom is 0.339 e. The number of ether oxygens (including phenoxy) is 2. The van der Waals surface area contributed by atoms with E-state index in [9.17, 15) is 4.79 Å². The molecular weight excluding hydrogens is 318 g/mol. The monoisotopic (exact) mass is 345 g/mol. The summed E-state index contributed by atoms with van der Waals surface area (Å²) in [6.07, 6.45) is 4.41. The van der Waals surface area contributed by atoms with Crippen LogP contribution in [0.15, 0.2) is 22.8 Å². The lowest BCUT2D eigenvalue weighted by atomic mass is 9.96. The molecule has 3 rings (SSSR count). The first-order valence-electron chi connectivity index (χ1n) is 9.25. The Morgan fingerprint density at radius 3 is 2.68 bits per heavy atom. The van der Waals surface area contributed by atoms with Gasteiger partial charge in [-0.05, 0) is 44.7 Å². The van der Waals surface area contributed by atoms with E-state index in [0.29, 0.717) is 18.2 Å². The molecule has 0 radical (unpaired) electrons. The maximum atomic E-state index is 12.7. The maximum absolute atomic E-state index is 12.7. The fraction of sp³-hybridized carbons (Fsp3) is 0.550. The van der Waals surface area contributed by atoms with Crippen molar-refractivity contribution >= 4 is 22.6 Å². The molecule has 0 aliphatic carbocycles. The van der Waals surface area contributed by atoms with Crippen molar-refractivity contribution in [2.45, 2.75) is 46.1 Å². The van der Waals surface area contributed by atoms with Gasteiger partial charge in [0.05, 0.1) is 18.4 Å². The predicted octanol–water partition coefficient (Wildman–Crippen LogP) is 4.18. The number of hydrogen-bond acceptors (Lipinski definition) is 5. The Bertz CT molecular complexity index is 731. The number of esters is 1. The molecular formula is C20H27NO4. The third-order valence-corrected chi connectivity index (χ3v) is 4.96. The largest absolute Gasteiger partial charge is 0.464 e. The molecule has 0 spiro atoms. The highest BCUT2D eigenvalue weighted by atomic mass is 16.5. The molecule has 25 heavy (non-hydrogen) atoms. The number of hydrogen-bond donors (Lipinski definition) is 0. The minimum Gasteiger partial charge on any atom is -0.464 e. The first-order chi connectivity index (χ1) is 12.2. The Morgan fingerprint density at radius 2 is 2.04 bits per heavy atom. The number of furan rings is 1. The van der Waals surface area contributed by atoms with E-state index in [1.165, 1.54) is 0 Å². The molecule has 0 amide bonds. The van der Waals surface area contributed by atoms with Crippen LogP contribution in [0.2, 0.25) is 0 Å². The second-order valence-corrected chi connectivity index (χ2v) is 6.29. The summed E-state index contributed by atoms with van der Waals surface area (Å²) in [5, 5.41) is 0.835. The van der Waals surface area contributed by atoms with Crippen LogP contribution in [0.4, 0.5) is 5.69 Å². The molecule has 0 N–H and O–H groups in total. The minimum absolute atomic E-state index is 0.268. The summed E-state index contributed by atoms with van der Waals surface area (Å²) in [6, 6.07) is 4.36. The van der Waals surface area contributed by atoms with E-state index in [0.717, 1.165) is 61.2 Å². The first kappa shape index (κ1) is 17.8. The average Bonchev–Trinajstić information content (AvgIpc) is 3.10. The van der Waals surface area contributed by atoms with Gasteiger partial charge < -0.3 is 18.8 Å². The van der Waals surface area contributed by atoms with Crippen molar-refractivity contribution in [3.63, 3.8) is 0 Å². The number of rotatable bonds is 6. The highest BCUT2D eigenvalue weighted by molar-refractivity contribution is 6.06. The number of fused-ring (bicyclic) bond motifs is 1. The summed E-state index contributed by atoms with van der Waals surface area (Å²) >= 11 is 0. The molecule has 0 saturated carbocycles. The van der Waals surface area contributed by atoms with E-state index in [-0.39, 0.29) is 5.97 Å². The van der Waals surface area contributed by atoms with Crippen molar-refractivity contribution in [3.8, 4) is 0 Å². The topological polar surface area (TPSA) is 51.9 Å². The van der Waals surface area contributed by atoms with Crippen LogP contribution in [0, 0.1) is 0 Å². The molecule has 136 valence electrons. The van der Waals surface area contributed by atoms with Gasteiger partial charge >= 0.3 is 5.97 Å². The molecule has 2 aromatic rings. The zero-order valence-electron chi connectivity index (χ0n) is 15.3. The van der Waals surface area contributed by atoms with Gasteiger partial charge in [0.1, 0.15) is 5.58 Å². The van der Waals surface area contributed by atoms with Gasteiger partial charge in [-0.15, -0.1) is 0 Å². The van der Waals surface area contributed by atoms with E-state index in [1.807, 2.05) is 13.0 Å². The molecule has 2 heterocycles. The average molecular weight is 345 g/mol. The molecule has 1 aliphatic heterocycles. The number of nitrogens with zero attached hydrogens (tertiary/aromatic N) is 1. The summed E-state index contributed by atoms with van der Waals surface area (Å²) in [4.78, 5) is 15.1. The van der Waals surface area contributed by atoms with Gasteiger partial charge in [0.25, 0.3) is 0 Å². The van der Waals surface area contributed by atoms with E-state index in [2.05, 4.69) is 24.8 Å². The molecule has 1 aliphatic rings. The van der Waals surface area contributed by atoms with Crippen molar-refractivity contribution in [3.05, 3.63) is 29.5 Å². The molecule has 5 nitrogen and oxygen atoms in total. The SMILES string of the molecule is CCOC(=O)c1c(CC)c(N(CC)C2CCOCC2)cc2occc12. The van der Waals surface area contributed by atoms with Crippen LogP contribution in [0.3, 0.4) is 0 Å². The second-order valence-electron chi connectivity index (χ2n) is 6.29. The molecule has 0 unspecified atom stereocenters. The number of carbonyl (C=O) groups is 1. The fourth-order valence-electron chi connectivity index (χ4n) is 3.81. The number of benzene rings is 1. The van der Waals surface area contributed by atoms with Crippen molar-refractivity contribution in [1.82, 2.24) is 0 Å². The number of carbonyl (C=O) groups excluding carboxylic acids is 1. The lowest BCUT2D eigenvalue weighted by molar-refractivity contribution is 0.0527. The standard InChI is InChI=1S/C20H27NO4/c1-4-15-17(21(5-2)14-7-10-23-11-8-14)13-18-16(9-12-25-18)19(15)20(22)24-6-3/h9,12-14H,4-8,10-11H2,1-3H3. The molecule has 1 aromatic heterocycles. The third kappa shape index (κ3) is 3.38. The lowest BCUT2D eigenvalue weighted by Gasteiger charge is -2.37. The van der Waals surface area contributed by atoms with E-state index in [4.69, 9.17) is 13.9 Å². The van der Waals surface area contributed by atoms with Crippen LogP contribution in [-0.2, 0) is 15.9 Å². The van der Waals surface area contributed by atoms with Gasteiger partial charge in [0.2, 0.25) is 0 Å². The molecule has 1 saturated heterocycles. The molecule has 0 atom stereocenters. The van der Waals surface area contributed by atoms with Crippen molar-refractivity contribution in [2.24, 2.45) is 0 Å². The zero-order valence-corrected chi connectivity index (χ0v) is 15.3. The quantitative estimate of drug-likeness (QED) is 0.735. The van der Waals surface area contributed by atoms with Crippen LogP contribution in [0.1, 0.15) is 49.5 Å². The van der Waals surface area contributed by atoms with Crippen LogP contribution in [0.5, 0.6) is 0 Å². The Balaban J connectivity index is 2.14. The van der Waals surface area contributed by atoms with Crippen molar-refractivity contribution in [1.29, 1.82) is 0 Å². The van der Waals surface area contributed by atoms with Gasteiger partial charge in [-0.3, -0.25) is 0 Å². The van der Waals surface area contributed by atoms with Crippen LogP contribution in [-0.4, -0.2) is 38.4 Å². The minimum atomic E-state index is -0.268. The summed E-state index contributed by atoms with van der Waals surface area (Å²) < 4.78 is 16.5. The lowest BCUT2D eigenvalue weighted by Crippen LogP contribution is -2.40. The van der Waals surface area contributed by atoms with Crippen LogP contribution in [0.25, 0.3) is 11.0 Å². The Kier molecular flexibility index (Phi) is 5.63. The predicted molar refractivity (Wildman–Crippen MR) is 98.4 cm³/mol. The van der Waals surface area contributed by atoms with E-state index < -0.39 is 0 Å². The first-order valence-corrected chi connectivity index (χ1v) is 9.25. The van der Waals surface area contributed by atoms with Gasteiger partial charge in [0.15, 0.2) is 0 Å². The Labute approximate surface area is 148 Å². The summed E-state index contributed by atoms with van der Waals surface area (Å²) in [5.74, 6) is -0.268.